The van der Waals surface area contributed by atoms with Gasteiger partial charge in [-0.3, -0.25) is 15.5 Å². The van der Waals surface area contributed by atoms with E-state index >= 15 is 0 Å². The van der Waals surface area contributed by atoms with Gasteiger partial charge in [0.2, 0.25) is 0 Å². The average molecular weight is 345 g/mol. The predicted octanol–water partition coefficient (Wildman–Crippen LogP) is 4.34. The van der Waals surface area contributed by atoms with Crippen LogP contribution in [0.2, 0.25) is 0 Å². The predicted molar refractivity (Wildman–Crippen MR) is 75.7 cm³/mol. The van der Waals surface area contributed by atoms with E-state index in [9.17, 15) is 32.1 Å². The molecule has 0 aliphatic rings. The maximum absolute atomic E-state index is 13.4. The molecule has 0 radical (unpaired) electrons. The van der Waals surface area contributed by atoms with Crippen molar-refractivity contribution in [3.8, 4) is 0 Å². The largest absolute Gasteiger partial charge is 0.416 e. The molecule has 2 aromatic rings. The molecule has 24 heavy (non-hydrogen) atoms. The summed E-state index contributed by atoms with van der Waals surface area (Å²) in [5.41, 5.74) is -0.295. The highest BCUT2D eigenvalue weighted by molar-refractivity contribution is 5.81. The monoisotopic (exact) mass is 345 g/mol. The Hall–Kier alpha value is -3.04. The lowest BCUT2D eigenvalue weighted by molar-refractivity contribution is -0.384. The highest BCUT2D eigenvalue weighted by atomic mass is 19.4. The molecule has 126 valence electrons. The topological polar surface area (TPSA) is 67.5 Å². The Morgan fingerprint density at radius 2 is 1.83 bits per heavy atom. The van der Waals surface area contributed by atoms with E-state index in [0.717, 1.165) is 24.4 Å². The van der Waals surface area contributed by atoms with Gasteiger partial charge in [-0.05, 0) is 24.3 Å². The third kappa shape index (κ3) is 4.03. The van der Waals surface area contributed by atoms with Crippen molar-refractivity contribution >= 4 is 17.6 Å². The van der Waals surface area contributed by atoms with Crippen molar-refractivity contribution in [2.24, 2.45) is 5.10 Å². The van der Waals surface area contributed by atoms with Crippen LogP contribution in [-0.4, -0.2) is 11.1 Å². The summed E-state index contributed by atoms with van der Waals surface area (Å²) in [5, 5.41) is 14.4. The Morgan fingerprint density at radius 1 is 1.12 bits per heavy atom. The number of nitrogens with zero attached hydrogens (tertiary/aromatic N) is 2. The van der Waals surface area contributed by atoms with Gasteiger partial charge in [0.1, 0.15) is 17.3 Å². The van der Waals surface area contributed by atoms with Crippen LogP contribution in [0.5, 0.6) is 0 Å². The zero-order valence-corrected chi connectivity index (χ0v) is 11.6. The minimum atomic E-state index is -4.73. The van der Waals surface area contributed by atoms with Gasteiger partial charge in [0.05, 0.1) is 16.7 Å². The minimum Gasteiger partial charge on any atom is -0.272 e. The summed E-state index contributed by atoms with van der Waals surface area (Å²) in [4.78, 5) is 9.86. The van der Waals surface area contributed by atoms with Crippen LogP contribution in [0.4, 0.5) is 33.3 Å². The number of hydrogen-bond acceptors (Lipinski definition) is 4. The first-order chi connectivity index (χ1) is 11.2. The molecule has 2 rings (SSSR count). The van der Waals surface area contributed by atoms with Crippen molar-refractivity contribution in [1.82, 2.24) is 0 Å². The second-order valence-corrected chi connectivity index (χ2v) is 4.52. The summed E-state index contributed by atoms with van der Waals surface area (Å²) >= 11 is 0. The molecule has 0 heterocycles. The number of anilines is 1. The van der Waals surface area contributed by atoms with Crippen molar-refractivity contribution in [2.75, 3.05) is 5.43 Å². The van der Waals surface area contributed by atoms with Gasteiger partial charge >= 0.3 is 6.18 Å². The smallest absolute Gasteiger partial charge is 0.272 e. The summed E-state index contributed by atoms with van der Waals surface area (Å²) in [6, 6.07) is 4.50. The maximum atomic E-state index is 13.4. The standard InChI is InChI=1S/C14H8F5N3O2/c15-10-3-1-8(11(16)6-10)7-20-21-12-4-2-9(14(17,18)19)5-13(12)22(23)24/h1-7,21H/b20-7+. The first kappa shape index (κ1) is 17.3. The fraction of sp³-hybridized carbons (Fsp3) is 0.0714. The molecule has 0 fully saturated rings. The van der Waals surface area contributed by atoms with Gasteiger partial charge in [0, 0.05) is 17.7 Å². The van der Waals surface area contributed by atoms with Gasteiger partial charge in [-0.1, -0.05) is 0 Å². The Labute approximate surface area is 131 Å². The van der Waals surface area contributed by atoms with Crippen LogP contribution in [-0.2, 0) is 6.18 Å². The van der Waals surface area contributed by atoms with E-state index < -0.39 is 34.0 Å². The average Bonchev–Trinajstić information content (AvgIpc) is 2.48. The fourth-order valence-electron chi connectivity index (χ4n) is 1.73. The van der Waals surface area contributed by atoms with E-state index in [1.165, 1.54) is 0 Å². The molecule has 0 unspecified atom stereocenters. The molecule has 0 amide bonds. The number of hydrazone groups is 1. The molecule has 0 saturated heterocycles. The van der Waals surface area contributed by atoms with E-state index in [2.05, 4.69) is 10.5 Å². The van der Waals surface area contributed by atoms with Crippen molar-refractivity contribution in [3.05, 3.63) is 69.3 Å². The lowest BCUT2D eigenvalue weighted by Crippen LogP contribution is -2.06. The van der Waals surface area contributed by atoms with Gasteiger partial charge in [0.25, 0.3) is 5.69 Å². The molecule has 0 aromatic heterocycles. The van der Waals surface area contributed by atoms with Gasteiger partial charge < -0.3 is 0 Å². The Bertz CT molecular complexity index is 805. The van der Waals surface area contributed by atoms with Crippen molar-refractivity contribution in [3.63, 3.8) is 0 Å². The number of rotatable bonds is 4. The highest BCUT2D eigenvalue weighted by Crippen LogP contribution is 2.34. The normalized spacial score (nSPS) is 11.7. The second kappa shape index (κ2) is 6.60. The lowest BCUT2D eigenvalue weighted by atomic mass is 10.1. The molecule has 0 aliphatic heterocycles. The lowest BCUT2D eigenvalue weighted by Gasteiger charge is -2.08. The second-order valence-electron chi connectivity index (χ2n) is 4.52. The molecule has 10 heteroatoms. The Balaban J connectivity index is 2.26. The van der Waals surface area contributed by atoms with Crippen molar-refractivity contribution in [2.45, 2.75) is 6.18 Å². The number of halogens is 5. The quantitative estimate of drug-likeness (QED) is 0.388. The van der Waals surface area contributed by atoms with Gasteiger partial charge in [0.15, 0.2) is 0 Å². The summed E-state index contributed by atoms with van der Waals surface area (Å²) in [5.74, 6) is -1.71. The third-order valence-corrected chi connectivity index (χ3v) is 2.87. The Kier molecular flexibility index (Phi) is 4.77. The van der Waals surface area contributed by atoms with E-state index in [-0.39, 0.29) is 11.3 Å². The molecular formula is C14H8F5N3O2. The maximum Gasteiger partial charge on any atom is 0.416 e. The molecule has 0 saturated carbocycles. The number of hydrogen-bond donors (Lipinski definition) is 1. The SMILES string of the molecule is O=[N+]([O-])c1cc(C(F)(F)F)ccc1N/N=C/c1ccc(F)cc1F. The van der Waals surface area contributed by atoms with E-state index in [1.807, 2.05) is 0 Å². The van der Waals surface area contributed by atoms with Crippen LogP contribution in [0.1, 0.15) is 11.1 Å². The first-order valence-corrected chi connectivity index (χ1v) is 6.28. The van der Waals surface area contributed by atoms with Gasteiger partial charge in [-0.2, -0.15) is 18.3 Å². The number of nitro groups is 1. The van der Waals surface area contributed by atoms with E-state index in [4.69, 9.17) is 0 Å². The Morgan fingerprint density at radius 3 is 2.42 bits per heavy atom. The van der Waals surface area contributed by atoms with Crippen LogP contribution < -0.4 is 5.43 Å². The fourth-order valence-corrected chi connectivity index (χ4v) is 1.73. The molecule has 0 aliphatic carbocycles. The number of nitro benzene ring substituents is 1. The molecular weight excluding hydrogens is 337 g/mol. The third-order valence-electron chi connectivity index (χ3n) is 2.87. The first-order valence-electron chi connectivity index (χ1n) is 6.28. The van der Waals surface area contributed by atoms with Crippen LogP contribution in [0.25, 0.3) is 0 Å². The van der Waals surface area contributed by atoms with E-state index in [1.54, 1.807) is 0 Å². The minimum absolute atomic E-state index is 0.113. The molecule has 1 N–H and O–H groups in total. The van der Waals surface area contributed by atoms with Crippen LogP contribution in [0.15, 0.2) is 41.5 Å². The van der Waals surface area contributed by atoms with Gasteiger partial charge in [-0.15, -0.1) is 0 Å². The molecule has 2 aromatic carbocycles. The van der Waals surface area contributed by atoms with E-state index in [0.29, 0.717) is 18.2 Å². The highest BCUT2D eigenvalue weighted by Gasteiger charge is 2.33. The molecule has 0 bridgehead atoms. The van der Waals surface area contributed by atoms with Crippen LogP contribution in [0, 0.1) is 21.7 Å². The van der Waals surface area contributed by atoms with Crippen molar-refractivity contribution in [1.29, 1.82) is 0 Å². The summed E-state index contributed by atoms with van der Waals surface area (Å²) < 4.78 is 63.8. The zero-order valence-electron chi connectivity index (χ0n) is 11.6. The molecule has 0 spiro atoms. The molecule has 0 atom stereocenters. The molecule has 5 nitrogen and oxygen atoms in total. The summed E-state index contributed by atoms with van der Waals surface area (Å²) in [6.07, 6.45) is -3.82. The summed E-state index contributed by atoms with van der Waals surface area (Å²) in [7, 11) is 0. The zero-order chi connectivity index (χ0) is 17.9. The number of nitrogens with one attached hydrogen (secondary N) is 1. The number of benzene rings is 2. The number of alkyl halides is 3. The van der Waals surface area contributed by atoms with Crippen molar-refractivity contribution < 1.29 is 26.9 Å². The van der Waals surface area contributed by atoms with Crippen LogP contribution >= 0.6 is 0 Å². The van der Waals surface area contributed by atoms with Gasteiger partial charge in [-0.25, -0.2) is 8.78 Å². The summed E-state index contributed by atoms with van der Waals surface area (Å²) in [6.45, 7) is 0. The van der Waals surface area contributed by atoms with Crippen LogP contribution in [0.3, 0.4) is 0 Å².